The predicted octanol–water partition coefficient (Wildman–Crippen LogP) is 6.54. The summed E-state index contributed by atoms with van der Waals surface area (Å²) < 4.78 is 7.91. The molecule has 8 heteroatoms. The van der Waals surface area contributed by atoms with Gasteiger partial charge in [0.25, 0.3) is 5.56 Å². The van der Waals surface area contributed by atoms with E-state index in [9.17, 15) is 9.59 Å². The standard InChI is InChI=1S/C25H27ClN2O3S2/c1-25(2)12-18-19(13-31-25)33-22-21(18)23(29)28(17-6-4-3-5-7-17)20(27-22)14-32-24(30)15-8-10-16(26)11-9-15/h8-11,17H,3-7,12-14H2,1-2H3. The molecule has 0 unspecified atom stereocenters. The second-order valence-electron chi connectivity index (χ2n) is 9.49. The molecule has 1 saturated carbocycles. The number of aromatic nitrogens is 2. The van der Waals surface area contributed by atoms with Crippen molar-refractivity contribution in [3.05, 3.63) is 61.5 Å². The Morgan fingerprint density at radius 1 is 1.24 bits per heavy atom. The second kappa shape index (κ2) is 9.17. The van der Waals surface area contributed by atoms with Gasteiger partial charge in [-0.05, 0) is 56.5 Å². The normalized spacial score (nSPS) is 18.4. The molecule has 2 aliphatic rings. The van der Waals surface area contributed by atoms with Gasteiger partial charge in [0.2, 0.25) is 5.12 Å². The average molecular weight is 503 g/mol. The van der Waals surface area contributed by atoms with Crippen molar-refractivity contribution in [3.63, 3.8) is 0 Å². The topological polar surface area (TPSA) is 61.2 Å². The highest BCUT2D eigenvalue weighted by atomic mass is 35.5. The largest absolute Gasteiger partial charge is 0.370 e. The van der Waals surface area contributed by atoms with Crippen molar-refractivity contribution >= 4 is 50.0 Å². The Balaban J connectivity index is 1.54. The number of benzene rings is 1. The quantitative estimate of drug-likeness (QED) is 0.405. The molecule has 0 N–H and O–H groups in total. The molecule has 0 saturated heterocycles. The third-order valence-electron chi connectivity index (χ3n) is 6.56. The molecule has 1 aliphatic carbocycles. The highest BCUT2D eigenvalue weighted by molar-refractivity contribution is 8.13. The van der Waals surface area contributed by atoms with E-state index in [1.54, 1.807) is 35.6 Å². The second-order valence-corrected chi connectivity index (χ2v) is 12.0. The number of thiophene rings is 1. The van der Waals surface area contributed by atoms with Crippen molar-refractivity contribution in [3.8, 4) is 0 Å². The highest BCUT2D eigenvalue weighted by Gasteiger charge is 2.32. The van der Waals surface area contributed by atoms with Crippen molar-refractivity contribution in [1.29, 1.82) is 0 Å². The van der Waals surface area contributed by atoms with Gasteiger partial charge in [0.1, 0.15) is 10.7 Å². The molecular weight excluding hydrogens is 476 g/mol. The van der Waals surface area contributed by atoms with Gasteiger partial charge in [-0.1, -0.05) is 42.6 Å². The fourth-order valence-electron chi connectivity index (χ4n) is 4.86. The van der Waals surface area contributed by atoms with E-state index in [1.165, 1.54) is 18.2 Å². The van der Waals surface area contributed by atoms with Gasteiger partial charge in [-0.15, -0.1) is 11.3 Å². The first-order valence-electron chi connectivity index (χ1n) is 11.4. The number of nitrogens with zero attached hydrogens (tertiary/aromatic N) is 2. The number of ether oxygens (including phenoxy) is 1. The van der Waals surface area contributed by atoms with Crippen molar-refractivity contribution in [2.75, 3.05) is 0 Å². The van der Waals surface area contributed by atoms with Crippen LogP contribution in [0.15, 0.2) is 29.1 Å². The van der Waals surface area contributed by atoms with Crippen LogP contribution >= 0.6 is 34.7 Å². The minimum Gasteiger partial charge on any atom is -0.370 e. The number of hydrogen-bond donors (Lipinski definition) is 0. The first kappa shape index (κ1) is 23.1. The number of hydrogen-bond acceptors (Lipinski definition) is 6. The Morgan fingerprint density at radius 2 is 1.97 bits per heavy atom. The first-order valence-corrected chi connectivity index (χ1v) is 13.6. The zero-order valence-electron chi connectivity index (χ0n) is 18.9. The summed E-state index contributed by atoms with van der Waals surface area (Å²) in [6.45, 7) is 4.66. The number of rotatable bonds is 4. The van der Waals surface area contributed by atoms with Gasteiger partial charge in [-0.2, -0.15) is 0 Å². The van der Waals surface area contributed by atoms with Crippen LogP contribution in [0.2, 0.25) is 5.02 Å². The number of fused-ring (bicyclic) bond motifs is 3. The van der Waals surface area contributed by atoms with Crippen LogP contribution in [0, 0.1) is 0 Å². The number of carbonyl (C=O) groups excluding carboxylic acids is 1. The van der Waals surface area contributed by atoms with Crippen LogP contribution in [0.3, 0.4) is 0 Å². The molecule has 1 fully saturated rings. The van der Waals surface area contributed by atoms with E-state index in [1.807, 2.05) is 4.57 Å². The molecule has 3 aromatic rings. The van der Waals surface area contributed by atoms with E-state index in [2.05, 4.69) is 13.8 Å². The summed E-state index contributed by atoms with van der Waals surface area (Å²) in [6.07, 6.45) is 6.13. The zero-order chi connectivity index (χ0) is 23.2. The Labute approximate surface area is 206 Å². The summed E-state index contributed by atoms with van der Waals surface area (Å²) in [4.78, 5) is 33.6. The van der Waals surface area contributed by atoms with Crippen molar-refractivity contribution in [2.24, 2.45) is 0 Å². The van der Waals surface area contributed by atoms with Crippen LogP contribution in [0.5, 0.6) is 0 Å². The molecule has 0 bridgehead atoms. The first-order chi connectivity index (χ1) is 15.8. The van der Waals surface area contributed by atoms with Crippen LogP contribution in [0.1, 0.15) is 78.6 Å². The molecular formula is C25H27ClN2O3S2. The summed E-state index contributed by atoms with van der Waals surface area (Å²) in [5, 5.41) is 1.31. The van der Waals surface area contributed by atoms with E-state index < -0.39 is 0 Å². The summed E-state index contributed by atoms with van der Waals surface area (Å²) in [6, 6.07) is 7.05. The Bertz CT molecular complexity index is 1260. The fraction of sp³-hybridized carbons (Fsp3) is 0.480. The van der Waals surface area contributed by atoms with Gasteiger partial charge < -0.3 is 4.74 Å². The minimum atomic E-state index is -0.289. The van der Waals surface area contributed by atoms with Gasteiger partial charge in [0.15, 0.2) is 0 Å². The monoisotopic (exact) mass is 502 g/mol. The molecule has 0 spiro atoms. The molecule has 174 valence electrons. The van der Waals surface area contributed by atoms with Gasteiger partial charge in [0.05, 0.1) is 23.3 Å². The maximum absolute atomic E-state index is 13.9. The van der Waals surface area contributed by atoms with Gasteiger partial charge in [-0.3, -0.25) is 14.2 Å². The smallest absolute Gasteiger partial charge is 0.262 e. The van der Waals surface area contributed by atoms with Crippen LogP contribution in [0.4, 0.5) is 0 Å². The lowest BCUT2D eigenvalue weighted by Crippen LogP contribution is -2.33. The Hall–Kier alpha value is -1.67. The third kappa shape index (κ3) is 4.65. The predicted molar refractivity (Wildman–Crippen MR) is 136 cm³/mol. The van der Waals surface area contributed by atoms with Crippen LogP contribution < -0.4 is 5.56 Å². The summed E-state index contributed by atoms with van der Waals surface area (Å²) in [5.41, 5.74) is 1.47. The van der Waals surface area contributed by atoms with E-state index in [0.29, 0.717) is 35.2 Å². The van der Waals surface area contributed by atoms with E-state index in [-0.39, 0.29) is 22.3 Å². The maximum atomic E-state index is 13.9. The maximum Gasteiger partial charge on any atom is 0.262 e. The lowest BCUT2D eigenvalue weighted by Gasteiger charge is -2.30. The molecule has 0 atom stereocenters. The van der Waals surface area contributed by atoms with Crippen LogP contribution in [0.25, 0.3) is 10.2 Å². The van der Waals surface area contributed by atoms with E-state index in [4.69, 9.17) is 21.3 Å². The van der Waals surface area contributed by atoms with Gasteiger partial charge >= 0.3 is 0 Å². The lowest BCUT2D eigenvalue weighted by atomic mass is 9.93. The van der Waals surface area contributed by atoms with Gasteiger partial charge in [-0.25, -0.2) is 4.98 Å². The summed E-state index contributed by atoms with van der Waals surface area (Å²) in [7, 11) is 0. The molecule has 2 aromatic heterocycles. The molecule has 5 rings (SSSR count). The summed E-state index contributed by atoms with van der Waals surface area (Å²) in [5.74, 6) is 1.07. The Kier molecular flexibility index (Phi) is 6.42. The highest BCUT2D eigenvalue weighted by Crippen LogP contribution is 2.38. The molecule has 0 amide bonds. The molecule has 1 aromatic carbocycles. The lowest BCUT2D eigenvalue weighted by molar-refractivity contribution is -0.0379. The molecule has 5 nitrogen and oxygen atoms in total. The summed E-state index contributed by atoms with van der Waals surface area (Å²) >= 11 is 8.71. The molecule has 0 radical (unpaired) electrons. The van der Waals surface area contributed by atoms with Gasteiger partial charge in [0, 0.05) is 27.9 Å². The molecule has 3 heterocycles. The minimum absolute atomic E-state index is 0.0446. The van der Waals surface area contributed by atoms with Crippen LogP contribution in [-0.4, -0.2) is 20.3 Å². The average Bonchev–Trinajstić information content (AvgIpc) is 3.15. The SMILES string of the molecule is CC1(C)Cc2c(sc3nc(CSC(=O)c4ccc(Cl)cc4)n(C4CCCCC4)c(=O)c23)CO1. The zero-order valence-corrected chi connectivity index (χ0v) is 21.2. The van der Waals surface area contributed by atoms with Crippen LogP contribution in [-0.2, 0) is 23.5 Å². The number of thioether (sulfide) groups is 1. The fourth-order valence-corrected chi connectivity index (χ4v) is 6.87. The van der Waals surface area contributed by atoms with Crippen molar-refractivity contribution in [2.45, 2.75) is 76.4 Å². The molecule has 1 aliphatic heterocycles. The Morgan fingerprint density at radius 3 is 2.70 bits per heavy atom. The molecule has 33 heavy (non-hydrogen) atoms. The number of carbonyl (C=O) groups is 1. The van der Waals surface area contributed by atoms with E-state index >= 15 is 0 Å². The van der Waals surface area contributed by atoms with E-state index in [0.717, 1.165) is 46.3 Å². The van der Waals surface area contributed by atoms with Crippen molar-refractivity contribution < 1.29 is 9.53 Å². The third-order valence-corrected chi connectivity index (χ3v) is 8.81. The van der Waals surface area contributed by atoms with Crippen molar-refractivity contribution in [1.82, 2.24) is 9.55 Å². The number of halogens is 1.